The Morgan fingerprint density at radius 2 is 2.21 bits per heavy atom. The van der Waals surface area contributed by atoms with Crippen LogP contribution in [0.15, 0.2) is 47.4 Å². The van der Waals surface area contributed by atoms with E-state index in [1.54, 1.807) is 17.8 Å². The lowest BCUT2D eigenvalue weighted by atomic mass is 10.3. The van der Waals surface area contributed by atoms with Crippen LogP contribution in [0.5, 0.6) is 0 Å². The highest BCUT2D eigenvalue weighted by atomic mass is 35.5. The van der Waals surface area contributed by atoms with Crippen molar-refractivity contribution in [1.29, 1.82) is 0 Å². The van der Waals surface area contributed by atoms with Crippen LogP contribution < -0.4 is 5.32 Å². The fourth-order valence-corrected chi connectivity index (χ4v) is 2.88. The predicted octanol–water partition coefficient (Wildman–Crippen LogP) is 4.78. The fourth-order valence-electron chi connectivity index (χ4n) is 1.46. The minimum absolute atomic E-state index is 0.150. The highest BCUT2D eigenvalue weighted by Gasteiger charge is 1.99. The Labute approximate surface area is 125 Å². The third-order valence-corrected chi connectivity index (χ3v) is 4.25. The zero-order valence-corrected chi connectivity index (χ0v) is 12.6. The monoisotopic (exact) mass is 309 g/mol. The molecule has 0 saturated heterocycles. The molecular weight excluding hydrogens is 298 g/mol. The van der Waals surface area contributed by atoms with Gasteiger partial charge in [0.2, 0.25) is 5.91 Å². The molecule has 0 unspecified atom stereocenters. The molecule has 1 aromatic heterocycles. The van der Waals surface area contributed by atoms with Gasteiger partial charge in [0.1, 0.15) is 0 Å². The van der Waals surface area contributed by atoms with Gasteiger partial charge in [-0.1, -0.05) is 17.7 Å². The molecule has 0 bridgehead atoms. The molecule has 1 aromatic carbocycles. The van der Waals surface area contributed by atoms with Crippen molar-refractivity contribution in [2.24, 2.45) is 0 Å². The first kappa shape index (κ1) is 14.2. The number of carbonyl (C=O) groups excluding carboxylic acids is 1. The highest BCUT2D eigenvalue weighted by Crippen LogP contribution is 2.22. The van der Waals surface area contributed by atoms with Gasteiger partial charge in [-0.05, 0) is 42.7 Å². The fraction of sp³-hybridized carbons (Fsp3) is 0.0714. The molecule has 1 N–H and O–H groups in total. The lowest BCUT2D eigenvalue weighted by Gasteiger charge is -2.03. The van der Waals surface area contributed by atoms with Gasteiger partial charge >= 0.3 is 0 Å². The molecule has 0 aliphatic carbocycles. The molecule has 2 aromatic rings. The van der Waals surface area contributed by atoms with Gasteiger partial charge in [-0.3, -0.25) is 4.79 Å². The van der Waals surface area contributed by atoms with Gasteiger partial charge in [-0.2, -0.15) is 0 Å². The second kappa shape index (κ2) is 6.80. The Bertz CT molecular complexity index is 607. The average Bonchev–Trinajstić information content (AvgIpc) is 2.82. The maximum absolute atomic E-state index is 11.8. The molecule has 2 rings (SSSR count). The molecular formula is C14H12ClNOS2. The summed E-state index contributed by atoms with van der Waals surface area (Å²) in [7, 11) is 0. The van der Waals surface area contributed by atoms with E-state index in [1.807, 2.05) is 42.7 Å². The summed E-state index contributed by atoms with van der Waals surface area (Å²) in [5, 5.41) is 2.83. The van der Waals surface area contributed by atoms with Crippen molar-refractivity contribution in [1.82, 2.24) is 0 Å². The van der Waals surface area contributed by atoms with E-state index in [0.717, 1.165) is 15.5 Å². The van der Waals surface area contributed by atoms with Crippen LogP contribution in [0.3, 0.4) is 0 Å². The lowest BCUT2D eigenvalue weighted by molar-refractivity contribution is -0.111. The summed E-state index contributed by atoms with van der Waals surface area (Å²) in [6.45, 7) is 0. The van der Waals surface area contributed by atoms with Gasteiger partial charge in [-0.25, -0.2) is 0 Å². The first-order chi connectivity index (χ1) is 9.17. The summed E-state index contributed by atoms with van der Waals surface area (Å²) in [5.41, 5.74) is 0.797. The number of nitrogens with one attached hydrogen (secondary N) is 1. The zero-order chi connectivity index (χ0) is 13.7. The number of benzene rings is 1. The molecule has 5 heteroatoms. The van der Waals surface area contributed by atoms with Crippen LogP contribution in [0.25, 0.3) is 6.08 Å². The van der Waals surface area contributed by atoms with E-state index in [2.05, 4.69) is 5.32 Å². The van der Waals surface area contributed by atoms with E-state index in [1.165, 1.54) is 17.4 Å². The number of thiophene rings is 1. The van der Waals surface area contributed by atoms with Gasteiger partial charge < -0.3 is 5.32 Å². The molecule has 0 fully saturated rings. The van der Waals surface area contributed by atoms with Crippen LogP contribution in [-0.2, 0) is 4.79 Å². The number of hydrogen-bond acceptors (Lipinski definition) is 3. The number of anilines is 1. The number of halogens is 1. The van der Waals surface area contributed by atoms with E-state index >= 15 is 0 Å². The standard InChI is InChI=1S/C14H12ClNOS2/c1-18-12-4-2-3-10(9-12)16-14(17)8-6-11-5-7-13(15)19-11/h2-9H,1H3,(H,16,17)/b8-6+. The smallest absolute Gasteiger partial charge is 0.248 e. The largest absolute Gasteiger partial charge is 0.322 e. The molecule has 0 aliphatic heterocycles. The second-order valence-corrected chi connectivity index (χ2v) is 6.32. The Kier molecular flexibility index (Phi) is 5.07. The number of carbonyl (C=O) groups is 1. The molecule has 0 atom stereocenters. The zero-order valence-electron chi connectivity index (χ0n) is 10.2. The molecule has 19 heavy (non-hydrogen) atoms. The molecule has 1 amide bonds. The van der Waals surface area contributed by atoms with Crippen molar-refractivity contribution in [2.45, 2.75) is 4.90 Å². The highest BCUT2D eigenvalue weighted by molar-refractivity contribution is 7.98. The van der Waals surface area contributed by atoms with Crippen molar-refractivity contribution < 1.29 is 4.79 Å². The van der Waals surface area contributed by atoms with Crippen molar-refractivity contribution >= 4 is 52.4 Å². The number of rotatable bonds is 4. The van der Waals surface area contributed by atoms with Crippen molar-refractivity contribution in [3.8, 4) is 0 Å². The molecule has 0 radical (unpaired) electrons. The van der Waals surface area contributed by atoms with Gasteiger partial charge in [0.25, 0.3) is 0 Å². The first-order valence-electron chi connectivity index (χ1n) is 5.56. The maximum atomic E-state index is 11.8. The van der Waals surface area contributed by atoms with Gasteiger partial charge in [-0.15, -0.1) is 23.1 Å². The number of amides is 1. The summed E-state index contributed by atoms with van der Waals surface area (Å²) in [6, 6.07) is 11.4. The predicted molar refractivity (Wildman–Crippen MR) is 85.2 cm³/mol. The van der Waals surface area contributed by atoms with E-state index in [0.29, 0.717) is 4.34 Å². The normalized spacial score (nSPS) is 10.8. The van der Waals surface area contributed by atoms with E-state index in [9.17, 15) is 4.79 Å². The average molecular weight is 310 g/mol. The number of thioether (sulfide) groups is 1. The van der Waals surface area contributed by atoms with Crippen molar-refractivity contribution in [2.75, 3.05) is 11.6 Å². The Balaban J connectivity index is 1.99. The Morgan fingerprint density at radius 1 is 1.37 bits per heavy atom. The van der Waals surface area contributed by atoms with Gasteiger partial charge in [0.05, 0.1) is 4.34 Å². The molecule has 2 nitrogen and oxygen atoms in total. The van der Waals surface area contributed by atoms with Gasteiger partial charge in [0.15, 0.2) is 0 Å². The molecule has 0 aliphatic rings. The third kappa shape index (κ3) is 4.42. The minimum Gasteiger partial charge on any atom is -0.322 e. The summed E-state index contributed by atoms with van der Waals surface area (Å²) < 4.78 is 0.715. The third-order valence-electron chi connectivity index (χ3n) is 2.33. The van der Waals surface area contributed by atoms with Crippen LogP contribution in [0.1, 0.15) is 4.88 Å². The van der Waals surface area contributed by atoms with Gasteiger partial charge in [0, 0.05) is 21.5 Å². The first-order valence-corrected chi connectivity index (χ1v) is 7.98. The minimum atomic E-state index is -0.150. The SMILES string of the molecule is CSc1cccc(NC(=O)/C=C/c2ccc(Cl)s2)c1. The van der Waals surface area contributed by atoms with Crippen LogP contribution in [0.4, 0.5) is 5.69 Å². The summed E-state index contributed by atoms with van der Waals surface area (Å²) in [4.78, 5) is 13.8. The second-order valence-electron chi connectivity index (χ2n) is 3.70. The van der Waals surface area contributed by atoms with Crippen LogP contribution in [-0.4, -0.2) is 12.2 Å². The molecule has 98 valence electrons. The molecule has 0 spiro atoms. The number of hydrogen-bond donors (Lipinski definition) is 1. The van der Waals surface area contributed by atoms with Crippen LogP contribution in [0.2, 0.25) is 4.34 Å². The van der Waals surface area contributed by atoms with E-state index in [-0.39, 0.29) is 5.91 Å². The van der Waals surface area contributed by atoms with Crippen molar-refractivity contribution in [3.63, 3.8) is 0 Å². The van der Waals surface area contributed by atoms with Crippen LogP contribution in [0, 0.1) is 0 Å². The van der Waals surface area contributed by atoms with Crippen LogP contribution >= 0.6 is 34.7 Å². The van der Waals surface area contributed by atoms with Crippen molar-refractivity contribution in [3.05, 3.63) is 51.7 Å². The molecule has 0 saturated carbocycles. The molecule has 1 heterocycles. The maximum Gasteiger partial charge on any atom is 0.248 e. The lowest BCUT2D eigenvalue weighted by Crippen LogP contribution is -2.07. The summed E-state index contributed by atoms with van der Waals surface area (Å²) in [6.07, 6.45) is 5.26. The Morgan fingerprint density at radius 3 is 2.89 bits per heavy atom. The van der Waals surface area contributed by atoms with E-state index < -0.39 is 0 Å². The van der Waals surface area contributed by atoms with E-state index in [4.69, 9.17) is 11.6 Å². The summed E-state index contributed by atoms with van der Waals surface area (Å²) >= 11 is 8.90. The topological polar surface area (TPSA) is 29.1 Å². The Hall–Kier alpha value is -1.23. The quantitative estimate of drug-likeness (QED) is 0.651. The summed E-state index contributed by atoms with van der Waals surface area (Å²) in [5.74, 6) is -0.150.